The van der Waals surface area contributed by atoms with Gasteiger partial charge in [0.25, 0.3) is 0 Å². The zero-order chi connectivity index (χ0) is 14.1. The maximum absolute atomic E-state index is 11.8. The molecule has 1 aliphatic rings. The molecule has 20 heavy (non-hydrogen) atoms. The number of aromatic nitrogens is 1. The van der Waals surface area contributed by atoms with Crippen LogP contribution in [0.15, 0.2) is 34.9 Å². The Balaban J connectivity index is 1.84. The van der Waals surface area contributed by atoms with Gasteiger partial charge in [0.2, 0.25) is 11.8 Å². The minimum Gasteiger partial charge on any atom is -0.497 e. The molecule has 1 aliphatic heterocycles. The van der Waals surface area contributed by atoms with Crippen molar-refractivity contribution in [3.05, 3.63) is 30.3 Å². The lowest BCUT2D eigenvalue weighted by Crippen LogP contribution is -2.23. The van der Waals surface area contributed by atoms with E-state index in [0.717, 1.165) is 11.3 Å². The van der Waals surface area contributed by atoms with Gasteiger partial charge in [0, 0.05) is 29.4 Å². The number of amides is 1. The van der Waals surface area contributed by atoms with Crippen molar-refractivity contribution in [2.45, 2.75) is 11.2 Å². The fourth-order valence-electron chi connectivity index (χ4n) is 2.17. The Kier molecular flexibility index (Phi) is 3.48. The molecule has 1 aromatic carbocycles. The lowest BCUT2D eigenvalue weighted by Gasteiger charge is -2.09. The summed E-state index contributed by atoms with van der Waals surface area (Å²) in [4.78, 5) is 13.6. The molecule has 6 heteroatoms. The molecule has 2 heterocycles. The summed E-state index contributed by atoms with van der Waals surface area (Å²) in [7, 11) is 1.62. The molecule has 1 fully saturated rings. The molecule has 5 nitrogen and oxygen atoms in total. The van der Waals surface area contributed by atoms with Gasteiger partial charge in [-0.3, -0.25) is 9.69 Å². The summed E-state index contributed by atoms with van der Waals surface area (Å²) in [6, 6.07) is 9.31. The SMILES string of the molecule is COc1ccc(-c2cc(N3CC(Br)CC3=O)on2)cc1. The van der Waals surface area contributed by atoms with E-state index in [1.807, 2.05) is 24.3 Å². The van der Waals surface area contributed by atoms with Crippen LogP contribution in [0.5, 0.6) is 5.75 Å². The number of methoxy groups -OCH3 is 1. The van der Waals surface area contributed by atoms with Gasteiger partial charge in [0.15, 0.2) is 0 Å². The van der Waals surface area contributed by atoms with Crippen LogP contribution in [0.3, 0.4) is 0 Å². The van der Waals surface area contributed by atoms with Gasteiger partial charge in [-0.1, -0.05) is 21.1 Å². The number of rotatable bonds is 3. The highest BCUT2D eigenvalue weighted by atomic mass is 79.9. The Labute approximate surface area is 124 Å². The predicted molar refractivity (Wildman–Crippen MR) is 78.2 cm³/mol. The summed E-state index contributed by atoms with van der Waals surface area (Å²) in [5.41, 5.74) is 1.62. The first-order valence-electron chi connectivity index (χ1n) is 6.23. The summed E-state index contributed by atoms with van der Waals surface area (Å²) in [6.07, 6.45) is 0.485. The highest BCUT2D eigenvalue weighted by molar-refractivity contribution is 9.09. The van der Waals surface area contributed by atoms with Gasteiger partial charge in [-0.25, -0.2) is 0 Å². The molecule has 0 N–H and O–H groups in total. The first kappa shape index (κ1) is 13.2. The fourth-order valence-corrected chi connectivity index (χ4v) is 2.73. The minimum atomic E-state index is 0.0457. The van der Waals surface area contributed by atoms with E-state index in [-0.39, 0.29) is 10.7 Å². The molecule has 1 amide bonds. The van der Waals surface area contributed by atoms with Crippen LogP contribution < -0.4 is 9.64 Å². The molecular formula is C14H13BrN2O3. The Bertz CT molecular complexity index is 624. The normalized spacial score (nSPS) is 18.6. The van der Waals surface area contributed by atoms with Crippen molar-refractivity contribution >= 4 is 27.7 Å². The molecule has 2 aromatic rings. The molecule has 1 atom stereocenters. The summed E-state index contributed by atoms with van der Waals surface area (Å²) in [6.45, 7) is 0.607. The number of halogens is 1. The van der Waals surface area contributed by atoms with E-state index in [1.54, 1.807) is 18.1 Å². The maximum Gasteiger partial charge on any atom is 0.234 e. The molecule has 0 bridgehead atoms. The zero-order valence-electron chi connectivity index (χ0n) is 10.9. The van der Waals surface area contributed by atoms with E-state index in [9.17, 15) is 4.79 Å². The lowest BCUT2D eigenvalue weighted by molar-refractivity contribution is -0.117. The standard InChI is InChI=1S/C14H13BrN2O3/c1-19-11-4-2-9(3-5-11)12-7-14(20-16-12)17-8-10(15)6-13(17)18/h2-5,7,10H,6,8H2,1H3. The second-order valence-electron chi connectivity index (χ2n) is 4.58. The summed E-state index contributed by atoms with van der Waals surface area (Å²) < 4.78 is 10.4. The first-order chi connectivity index (χ1) is 9.67. The largest absolute Gasteiger partial charge is 0.497 e. The van der Waals surface area contributed by atoms with E-state index in [2.05, 4.69) is 21.1 Å². The maximum atomic E-state index is 11.8. The Morgan fingerprint density at radius 2 is 2.15 bits per heavy atom. The Hall–Kier alpha value is -1.82. The number of nitrogens with zero attached hydrogens (tertiary/aromatic N) is 2. The lowest BCUT2D eigenvalue weighted by atomic mass is 10.1. The average molecular weight is 337 g/mol. The number of benzene rings is 1. The number of alkyl halides is 1. The molecule has 0 aliphatic carbocycles. The number of hydrogen-bond acceptors (Lipinski definition) is 4. The van der Waals surface area contributed by atoms with Crippen molar-refractivity contribution in [2.24, 2.45) is 0 Å². The summed E-state index contributed by atoms with van der Waals surface area (Å²) >= 11 is 3.45. The van der Waals surface area contributed by atoms with Crippen LogP contribution in [-0.2, 0) is 4.79 Å². The summed E-state index contributed by atoms with van der Waals surface area (Å²) in [5, 5.41) is 4.02. The van der Waals surface area contributed by atoms with Crippen molar-refractivity contribution in [2.75, 3.05) is 18.6 Å². The molecular weight excluding hydrogens is 324 g/mol. The molecule has 0 radical (unpaired) electrons. The van der Waals surface area contributed by atoms with Crippen LogP contribution in [0.25, 0.3) is 11.3 Å². The molecule has 0 spiro atoms. The predicted octanol–water partition coefficient (Wildman–Crippen LogP) is 2.85. The first-order valence-corrected chi connectivity index (χ1v) is 7.14. The van der Waals surface area contributed by atoms with Crippen LogP contribution >= 0.6 is 15.9 Å². The van der Waals surface area contributed by atoms with E-state index >= 15 is 0 Å². The molecule has 104 valence electrons. The van der Waals surface area contributed by atoms with Crippen molar-refractivity contribution in [3.8, 4) is 17.0 Å². The molecule has 3 rings (SSSR count). The fraction of sp³-hybridized carbons (Fsp3) is 0.286. The number of anilines is 1. The van der Waals surface area contributed by atoms with E-state index in [1.165, 1.54) is 0 Å². The Morgan fingerprint density at radius 3 is 2.75 bits per heavy atom. The quantitative estimate of drug-likeness (QED) is 0.808. The van der Waals surface area contributed by atoms with Gasteiger partial charge < -0.3 is 9.26 Å². The van der Waals surface area contributed by atoms with Crippen molar-refractivity contribution in [1.29, 1.82) is 0 Å². The summed E-state index contributed by atoms with van der Waals surface area (Å²) in [5.74, 6) is 1.32. The monoisotopic (exact) mass is 336 g/mol. The average Bonchev–Trinajstić information content (AvgIpc) is 3.05. The number of ether oxygens (including phenoxy) is 1. The molecule has 1 unspecified atom stereocenters. The van der Waals surface area contributed by atoms with Crippen molar-refractivity contribution in [3.63, 3.8) is 0 Å². The zero-order valence-corrected chi connectivity index (χ0v) is 12.5. The molecule has 1 saturated heterocycles. The van der Waals surface area contributed by atoms with Crippen molar-refractivity contribution < 1.29 is 14.1 Å². The van der Waals surface area contributed by atoms with Crippen LogP contribution in [-0.4, -0.2) is 29.5 Å². The second-order valence-corrected chi connectivity index (χ2v) is 5.88. The third-order valence-corrected chi connectivity index (χ3v) is 3.84. The van der Waals surface area contributed by atoms with Gasteiger partial charge in [-0.15, -0.1) is 0 Å². The van der Waals surface area contributed by atoms with Gasteiger partial charge in [-0.05, 0) is 24.3 Å². The minimum absolute atomic E-state index is 0.0457. The highest BCUT2D eigenvalue weighted by Gasteiger charge is 2.31. The number of hydrogen-bond donors (Lipinski definition) is 0. The van der Waals surface area contributed by atoms with E-state index < -0.39 is 0 Å². The van der Waals surface area contributed by atoms with Gasteiger partial charge >= 0.3 is 0 Å². The Morgan fingerprint density at radius 1 is 1.40 bits per heavy atom. The van der Waals surface area contributed by atoms with Gasteiger partial charge in [0.1, 0.15) is 11.4 Å². The van der Waals surface area contributed by atoms with E-state index in [0.29, 0.717) is 24.5 Å². The third kappa shape index (κ3) is 2.43. The van der Waals surface area contributed by atoms with Crippen LogP contribution in [0.2, 0.25) is 0 Å². The van der Waals surface area contributed by atoms with Crippen LogP contribution in [0.4, 0.5) is 5.88 Å². The smallest absolute Gasteiger partial charge is 0.234 e. The van der Waals surface area contributed by atoms with Gasteiger partial charge in [0.05, 0.1) is 7.11 Å². The number of carbonyl (C=O) groups is 1. The van der Waals surface area contributed by atoms with Crippen LogP contribution in [0, 0.1) is 0 Å². The topological polar surface area (TPSA) is 55.6 Å². The van der Waals surface area contributed by atoms with Crippen LogP contribution in [0.1, 0.15) is 6.42 Å². The molecule has 1 aromatic heterocycles. The highest BCUT2D eigenvalue weighted by Crippen LogP contribution is 2.29. The third-order valence-electron chi connectivity index (χ3n) is 3.23. The van der Waals surface area contributed by atoms with E-state index in [4.69, 9.17) is 9.26 Å². The van der Waals surface area contributed by atoms with Crippen molar-refractivity contribution in [1.82, 2.24) is 5.16 Å². The number of carbonyl (C=O) groups excluding carboxylic acids is 1. The van der Waals surface area contributed by atoms with Gasteiger partial charge in [-0.2, -0.15) is 0 Å². The second kappa shape index (κ2) is 5.28. The molecule has 0 saturated carbocycles.